The highest BCUT2D eigenvalue weighted by molar-refractivity contribution is 5.81. The Kier molecular flexibility index (Phi) is 2.54. The molecule has 0 bridgehead atoms. The third kappa shape index (κ3) is 1.77. The number of aldehydes is 1. The van der Waals surface area contributed by atoms with Gasteiger partial charge in [0.1, 0.15) is 12.1 Å². The third-order valence-electron chi connectivity index (χ3n) is 2.46. The Balaban J connectivity index is 2.58. The molecule has 1 N–H and O–H groups in total. The molecule has 78 valence electrons. The largest absolute Gasteiger partial charge is 0.342 e. The molecular weight excluding hydrogens is 188 g/mol. The van der Waals surface area contributed by atoms with Crippen LogP contribution >= 0.6 is 0 Å². The van der Waals surface area contributed by atoms with E-state index in [-0.39, 0.29) is 0 Å². The second kappa shape index (κ2) is 3.85. The van der Waals surface area contributed by atoms with Gasteiger partial charge in [-0.25, -0.2) is 4.98 Å². The van der Waals surface area contributed by atoms with Crippen LogP contribution in [0.4, 0.5) is 0 Å². The van der Waals surface area contributed by atoms with Crippen LogP contribution in [-0.4, -0.2) is 16.3 Å². The van der Waals surface area contributed by atoms with Gasteiger partial charge in [-0.1, -0.05) is 26.0 Å². The summed E-state index contributed by atoms with van der Waals surface area (Å²) in [5.74, 6) is 1.35. The van der Waals surface area contributed by atoms with E-state index in [0.29, 0.717) is 12.3 Å². The molecule has 15 heavy (non-hydrogen) atoms. The fourth-order valence-electron chi connectivity index (χ4n) is 1.64. The molecule has 0 saturated carbocycles. The molecule has 3 nitrogen and oxygen atoms in total. The van der Waals surface area contributed by atoms with E-state index < -0.39 is 0 Å². The first-order valence-corrected chi connectivity index (χ1v) is 5.13. The van der Waals surface area contributed by atoms with E-state index in [1.165, 1.54) is 0 Å². The molecule has 3 heteroatoms. The number of hydrogen-bond acceptors (Lipinski definition) is 2. The zero-order valence-electron chi connectivity index (χ0n) is 8.95. The standard InChI is InChI=1S/C12H14N2O/c1-8(2)12-13-10-5-3-4-9(6-7-15)11(10)14-12/h3-5,7-8H,6H2,1-2H3,(H,13,14). The summed E-state index contributed by atoms with van der Waals surface area (Å²) in [6.07, 6.45) is 1.35. The van der Waals surface area contributed by atoms with Crippen molar-refractivity contribution in [3.8, 4) is 0 Å². The first kappa shape index (κ1) is 9.90. The normalized spacial score (nSPS) is 11.1. The lowest BCUT2D eigenvalue weighted by molar-refractivity contribution is -0.107. The Morgan fingerprint density at radius 1 is 1.47 bits per heavy atom. The number of aromatic nitrogens is 2. The van der Waals surface area contributed by atoms with Gasteiger partial charge < -0.3 is 9.78 Å². The fraction of sp³-hybridized carbons (Fsp3) is 0.333. The number of benzene rings is 1. The van der Waals surface area contributed by atoms with Gasteiger partial charge in [0.15, 0.2) is 0 Å². The average molecular weight is 202 g/mol. The SMILES string of the molecule is CC(C)c1nc2c(CC=O)cccc2[nH]1. The fourth-order valence-corrected chi connectivity index (χ4v) is 1.64. The van der Waals surface area contributed by atoms with Gasteiger partial charge in [-0.05, 0) is 11.6 Å². The number of aromatic amines is 1. The summed E-state index contributed by atoms with van der Waals surface area (Å²) in [6.45, 7) is 4.19. The van der Waals surface area contributed by atoms with Gasteiger partial charge in [-0.15, -0.1) is 0 Å². The molecule has 0 unspecified atom stereocenters. The first-order valence-electron chi connectivity index (χ1n) is 5.13. The van der Waals surface area contributed by atoms with Crippen LogP contribution in [0.5, 0.6) is 0 Å². The molecule has 0 aliphatic heterocycles. The number of imidazole rings is 1. The Morgan fingerprint density at radius 2 is 2.27 bits per heavy atom. The number of rotatable bonds is 3. The van der Waals surface area contributed by atoms with E-state index in [2.05, 4.69) is 23.8 Å². The van der Waals surface area contributed by atoms with Crippen molar-refractivity contribution in [3.63, 3.8) is 0 Å². The van der Waals surface area contributed by atoms with E-state index in [0.717, 1.165) is 28.7 Å². The minimum absolute atomic E-state index is 0.376. The highest BCUT2D eigenvalue weighted by Crippen LogP contribution is 2.20. The van der Waals surface area contributed by atoms with E-state index in [1.807, 2.05) is 18.2 Å². The van der Waals surface area contributed by atoms with Crippen molar-refractivity contribution in [3.05, 3.63) is 29.6 Å². The zero-order valence-corrected chi connectivity index (χ0v) is 8.95. The smallest absolute Gasteiger partial charge is 0.124 e. The van der Waals surface area contributed by atoms with Crippen molar-refractivity contribution >= 4 is 17.3 Å². The van der Waals surface area contributed by atoms with Crippen LogP contribution in [0.15, 0.2) is 18.2 Å². The summed E-state index contributed by atoms with van der Waals surface area (Å²) in [5, 5.41) is 0. The van der Waals surface area contributed by atoms with Gasteiger partial charge in [-0.3, -0.25) is 0 Å². The molecule has 0 saturated heterocycles. The van der Waals surface area contributed by atoms with Gasteiger partial charge in [0.05, 0.1) is 11.0 Å². The molecule has 1 heterocycles. The molecule has 2 aromatic rings. The zero-order chi connectivity index (χ0) is 10.8. The number of hydrogen-bond donors (Lipinski definition) is 1. The minimum atomic E-state index is 0.376. The predicted molar refractivity (Wildman–Crippen MR) is 60.0 cm³/mol. The number of H-pyrrole nitrogens is 1. The molecular formula is C12H14N2O. The molecule has 0 amide bonds. The van der Waals surface area contributed by atoms with Crippen LogP contribution in [0.3, 0.4) is 0 Å². The maximum Gasteiger partial charge on any atom is 0.124 e. The van der Waals surface area contributed by atoms with Crippen LogP contribution in [0.1, 0.15) is 31.2 Å². The third-order valence-corrected chi connectivity index (χ3v) is 2.46. The molecule has 0 fully saturated rings. The van der Waals surface area contributed by atoms with Gasteiger partial charge in [0, 0.05) is 12.3 Å². The van der Waals surface area contributed by atoms with E-state index >= 15 is 0 Å². The van der Waals surface area contributed by atoms with Gasteiger partial charge >= 0.3 is 0 Å². The number of nitrogens with one attached hydrogen (secondary N) is 1. The predicted octanol–water partition coefficient (Wildman–Crippen LogP) is 2.43. The lowest BCUT2D eigenvalue weighted by atomic mass is 10.1. The van der Waals surface area contributed by atoms with Crippen molar-refractivity contribution in [2.24, 2.45) is 0 Å². The highest BCUT2D eigenvalue weighted by Gasteiger charge is 2.08. The summed E-state index contributed by atoms with van der Waals surface area (Å²) < 4.78 is 0. The number of carbonyl (C=O) groups is 1. The Labute approximate surface area is 88.5 Å². The Bertz CT molecular complexity index is 485. The molecule has 0 aliphatic carbocycles. The van der Waals surface area contributed by atoms with E-state index in [4.69, 9.17) is 0 Å². The summed E-state index contributed by atoms with van der Waals surface area (Å²) in [5.41, 5.74) is 2.93. The second-order valence-corrected chi connectivity index (χ2v) is 3.96. The van der Waals surface area contributed by atoms with E-state index in [9.17, 15) is 4.79 Å². The molecule has 0 radical (unpaired) electrons. The highest BCUT2D eigenvalue weighted by atomic mass is 16.1. The van der Waals surface area contributed by atoms with Gasteiger partial charge in [0.2, 0.25) is 0 Å². The van der Waals surface area contributed by atoms with Crippen molar-refractivity contribution < 1.29 is 4.79 Å². The number of para-hydroxylation sites is 1. The minimum Gasteiger partial charge on any atom is -0.342 e. The molecule has 1 aromatic heterocycles. The van der Waals surface area contributed by atoms with E-state index in [1.54, 1.807) is 0 Å². The summed E-state index contributed by atoms with van der Waals surface area (Å²) >= 11 is 0. The van der Waals surface area contributed by atoms with Crippen molar-refractivity contribution in [2.45, 2.75) is 26.2 Å². The summed E-state index contributed by atoms with van der Waals surface area (Å²) in [6, 6.07) is 5.88. The number of carbonyl (C=O) groups excluding carboxylic acids is 1. The van der Waals surface area contributed by atoms with Crippen LogP contribution in [0, 0.1) is 0 Å². The molecule has 1 aromatic carbocycles. The second-order valence-electron chi connectivity index (χ2n) is 3.96. The molecule has 2 rings (SSSR count). The maximum atomic E-state index is 10.5. The monoisotopic (exact) mass is 202 g/mol. The Morgan fingerprint density at radius 3 is 2.93 bits per heavy atom. The lowest BCUT2D eigenvalue weighted by Gasteiger charge is -1.96. The van der Waals surface area contributed by atoms with Crippen molar-refractivity contribution in [2.75, 3.05) is 0 Å². The van der Waals surface area contributed by atoms with Gasteiger partial charge in [0.25, 0.3) is 0 Å². The number of fused-ring (bicyclic) bond motifs is 1. The van der Waals surface area contributed by atoms with Gasteiger partial charge in [-0.2, -0.15) is 0 Å². The van der Waals surface area contributed by atoms with Crippen molar-refractivity contribution in [1.82, 2.24) is 9.97 Å². The summed E-state index contributed by atoms with van der Waals surface area (Å²) in [4.78, 5) is 18.3. The molecule has 0 aliphatic rings. The molecule has 0 spiro atoms. The lowest BCUT2D eigenvalue weighted by Crippen LogP contribution is -1.89. The van der Waals surface area contributed by atoms with Crippen LogP contribution in [-0.2, 0) is 11.2 Å². The average Bonchev–Trinajstić information content (AvgIpc) is 2.63. The first-order chi connectivity index (χ1) is 7.22. The van der Waals surface area contributed by atoms with Crippen molar-refractivity contribution in [1.29, 1.82) is 0 Å². The number of nitrogens with zero attached hydrogens (tertiary/aromatic N) is 1. The van der Waals surface area contributed by atoms with Crippen LogP contribution < -0.4 is 0 Å². The molecule has 0 atom stereocenters. The summed E-state index contributed by atoms with van der Waals surface area (Å²) in [7, 11) is 0. The maximum absolute atomic E-state index is 10.5. The quantitative estimate of drug-likeness (QED) is 0.777. The topological polar surface area (TPSA) is 45.8 Å². The van der Waals surface area contributed by atoms with Crippen LogP contribution in [0.2, 0.25) is 0 Å². The van der Waals surface area contributed by atoms with Crippen LogP contribution in [0.25, 0.3) is 11.0 Å². The Hall–Kier alpha value is -1.64.